The first kappa shape index (κ1) is 17.4. The van der Waals surface area contributed by atoms with E-state index in [-0.39, 0.29) is 10.5 Å². The molecule has 0 aliphatic carbocycles. The van der Waals surface area contributed by atoms with Crippen molar-refractivity contribution in [3.8, 4) is 5.75 Å². The maximum Gasteiger partial charge on any atom is 0.300 e. The molecular formula is C18H12BrNO4S. The van der Waals surface area contributed by atoms with Crippen LogP contribution in [0.25, 0.3) is 6.08 Å². The lowest BCUT2D eigenvalue weighted by Gasteiger charge is -2.11. The summed E-state index contributed by atoms with van der Waals surface area (Å²) in [6.07, 6.45) is 1.58. The molecule has 0 aromatic heterocycles. The number of carbonyl (C=O) groups excluding carboxylic acids is 3. The smallest absolute Gasteiger partial charge is 0.300 e. The Bertz CT molecular complexity index is 892. The molecule has 1 saturated heterocycles. The molecule has 126 valence electrons. The third kappa shape index (κ3) is 3.52. The molecule has 3 rings (SSSR count). The molecule has 7 heteroatoms. The number of nitrogens with zero attached hydrogens (tertiary/aromatic N) is 1. The molecular weight excluding hydrogens is 406 g/mol. The summed E-state index contributed by atoms with van der Waals surface area (Å²) in [5.41, 5.74) is 0.995. The minimum Gasteiger partial charge on any atom is -0.497 e. The van der Waals surface area contributed by atoms with Gasteiger partial charge in [-0.1, -0.05) is 24.3 Å². The van der Waals surface area contributed by atoms with Crippen LogP contribution in [0.5, 0.6) is 5.75 Å². The van der Waals surface area contributed by atoms with E-state index >= 15 is 0 Å². The van der Waals surface area contributed by atoms with Gasteiger partial charge in [0, 0.05) is 4.47 Å². The third-order valence-electron chi connectivity index (χ3n) is 3.51. The second-order valence-corrected chi connectivity index (χ2v) is 6.92. The van der Waals surface area contributed by atoms with Gasteiger partial charge in [0.2, 0.25) is 0 Å². The number of amides is 3. The van der Waals surface area contributed by atoms with Crippen LogP contribution in [0, 0.1) is 0 Å². The second kappa shape index (κ2) is 7.25. The van der Waals surface area contributed by atoms with Crippen molar-refractivity contribution in [1.29, 1.82) is 0 Å². The lowest BCUT2D eigenvalue weighted by molar-refractivity contribution is -0.120. The van der Waals surface area contributed by atoms with Gasteiger partial charge in [0.05, 0.1) is 17.6 Å². The van der Waals surface area contributed by atoms with Crippen molar-refractivity contribution < 1.29 is 19.1 Å². The van der Waals surface area contributed by atoms with Gasteiger partial charge >= 0.3 is 5.24 Å². The summed E-state index contributed by atoms with van der Waals surface area (Å²) in [6, 6.07) is 13.7. The number of methoxy groups -OCH3 is 1. The van der Waals surface area contributed by atoms with Gasteiger partial charge in [-0.15, -0.1) is 0 Å². The fourth-order valence-electron chi connectivity index (χ4n) is 2.25. The van der Waals surface area contributed by atoms with Crippen molar-refractivity contribution in [2.45, 2.75) is 0 Å². The van der Waals surface area contributed by atoms with E-state index in [4.69, 9.17) is 4.74 Å². The molecule has 1 aliphatic rings. The standard InChI is InChI=1S/C18H12BrNO4S/c1-24-12-8-6-11(7-9-12)10-15-17(22)20(18(23)25-15)16(21)13-4-2-3-5-14(13)19/h2-10H,1H3. The first-order chi connectivity index (χ1) is 12.0. The number of hydrogen-bond donors (Lipinski definition) is 0. The molecule has 0 N–H and O–H groups in total. The summed E-state index contributed by atoms with van der Waals surface area (Å²) in [5, 5.41) is -0.606. The number of imide groups is 3. The highest BCUT2D eigenvalue weighted by atomic mass is 79.9. The lowest BCUT2D eigenvalue weighted by Crippen LogP contribution is -2.35. The highest BCUT2D eigenvalue weighted by Gasteiger charge is 2.40. The number of rotatable bonds is 3. The third-order valence-corrected chi connectivity index (χ3v) is 5.08. The van der Waals surface area contributed by atoms with Crippen LogP contribution >= 0.6 is 27.7 Å². The van der Waals surface area contributed by atoms with Crippen LogP contribution in [0.3, 0.4) is 0 Å². The Morgan fingerprint density at radius 2 is 1.80 bits per heavy atom. The Hall–Kier alpha value is -2.38. The van der Waals surface area contributed by atoms with Gasteiger partial charge in [0.25, 0.3) is 11.8 Å². The van der Waals surface area contributed by atoms with Gasteiger partial charge in [0.15, 0.2) is 0 Å². The molecule has 5 nitrogen and oxygen atoms in total. The Labute approximate surface area is 156 Å². The van der Waals surface area contributed by atoms with Gasteiger partial charge in [-0.3, -0.25) is 14.4 Å². The zero-order valence-corrected chi connectivity index (χ0v) is 15.5. The average Bonchev–Trinajstić information content (AvgIpc) is 2.89. The Kier molecular flexibility index (Phi) is 5.06. The van der Waals surface area contributed by atoms with Gasteiger partial charge in [-0.05, 0) is 63.6 Å². The fourth-order valence-corrected chi connectivity index (χ4v) is 3.52. The summed E-state index contributed by atoms with van der Waals surface area (Å²) in [5.74, 6) is -0.575. The van der Waals surface area contributed by atoms with E-state index in [0.29, 0.717) is 15.1 Å². The number of carbonyl (C=O) groups is 3. The molecule has 1 aliphatic heterocycles. The molecule has 0 radical (unpaired) electrons. The number of ether oxygens (including phenoxy) is 1. The number of hydrogen-bond acceptors (Lipinski definition) is 5. The average molecular weight is 418 g/mol. The molecule has 1 heterocycles. The Morgan fingerprint density at radius 3 is 2.44 bits per heavy atom. The van der Waals surface area contributed by atoms with Crippen LogP contribution in [0.4, 0.5) is 4.79 Å². The van der Waals surface area contributed by atoms with E-state index in [1.807, 2.05) is 0 Å². The van der Waals surface area contributed by atoms with E-state index in [1.54, 1.807) is 61.7 Å². The van der Waals surface area contributed by atoms with Crippen molar-refractivity contribution in [2.24, 2.45) is 0 Å². The zero-order valence-electron chi connectivity index (χ0n) is 13.1. The number of benzene rings is 2. The summed E-state index contributed by atoms with van der Waals surface area (Å²) >= 11 is 4.01. The Morgan fingerprint density at radius 1 is 1.12 bits per heavy atom. The highest BCUT2D eigenvalue weighted by Crippen LogP contribution is 2.34. The summed E-state index contributed by atoms with van der Waals surface area (Å²) in [4.78, 5) is 38.1. The van der Waals surface area contributed by atoms with Crippen molar-refractivity contribution >= 4 is 50.8 Å². The molecule has 0 bridgehead atoms. The van der Waals surface area contributed by atoms with Gasteiger partial charge in [-0.2, -0.15) is 0 Å². The quantitative estimate of drug-likeness (QED) is 0.549. The summed E-state index contributed by atoms with van der Waals surface area (Å²) in [7, 11) is 1.56. The maximum absolute atomic E-state index is 12.6. The van der Waals surface area contributed by atoms with Crippen LogP contribution in [0.2, 0.25) is 0 Å². The van der Waals surface area contributed by atoms with E-state index < -0.39 is 17.1 Å². The molecule has 0 atom stereocenters. The number of thioether (sulfide) groups is 1. The summed E-state index contributed by atoms with van der Waals surface area (Å²) < 4.78 is 5.61. The molecule has 0 saturated carbocycles. The number of halogens is 1. The van der Waals surface area contributed by atoms with Gasteiger partial charge < -0.3 is 4.74 Å². The monoisotopic (exact) mass is 417 g/mol. The van der Waals surface area contributed by atoms with E-state index in [1.165, 1.54) is 0 Å². The van der Waals surface area contributed by atoms with Crippen LogP contribution < -0.4 is 4.74 Å². The highest BCUT2D eigenvalue weighted by molar-refractivity contribution is 9.10. The predicted molar refractivity (Wildman–Crippen MR) is 99.3 cm³/mol. The first-order valence-corrected chi connectivity index (χ1v) is 8.83. The SMILES string of the molecule is COc1ccc(C=C2SC(=O)N(C(=O)c3ccccc3Br)C2=O)cc1. The maximum atomic E-state index is 12.6. The normalized spacial score (nSPS) is 15.8. The molecule has 0 unspecified atom stereocenters. The Balaban J connectivity index is 1.88. The minimum absolute atomic E-state index is 0.204. The van der Waals surface area contributed by atoms with Crippen LogP contribution in [-0.2, 0) is 4.79 Å². The van der Waals surface area contributed by atoms with Crippen molar-refractivity contribution in [3.63, 3.8) is 0 Å². The van der Waals surface area contributed by atoms with Gasteiger partial charge in [-0.25, -0.2) is 4.90 Å². The first-order valence-electron chi connectivity index (χ1n) is 7.22. The minimum atomic E-state index is -0.645. The predicted octanol–water partition coefficient (Wildman–Crippen LogP) is 4.33. The van der Waals surface area contributed by atoms with Gasteiger partial charge in [0.1, 0.15) is 5.75 Å². The second-order valence-electron chi connectivity index (χ2n) is 5.08. The van der Waals surface area contributed by atoms with E-state index in [9.17, 15) is 14.4 Å². The van der Waals surface area contributed by atoms with Crippen LogP contribution in [0.15, 0.2) is 57.9 Å². The van der Waals surface area contributed by atoms with Crippen molar-refractivity contribution in [1.82, 2.24) is 4.90 Å². The summed E-state index contributed by atoms with van der Waals surface area (Å²) in [6.45, 7) is 0. The van der Waals surface area contributed by atoms with E-state index in [2.05, 4.69) is 15.9 Å². The van der Waals surface area contributed by atoms with Crippen LogP contribution in [0.1, 0.15) is 15.9 Å². The van der Waals surface area contributed by atoms with E-state index in [0.717, 1.165) is 17.3 Å². The molecule has 25 heavy (non-hydrogen) atoms. The molecule has 2 aromatic rings. The fraction of sp³-hybridized carbons (Fsp3) is 0.0556. The molecule has 2 aromatic carbocycles. The van der Waals surface area contributed by atoms with Crippen molar-refractivity contribution in [2.75, 3.05) is 7.11 Å². The zero-order chi connectivity index (χ0) is 18.0. The van der Waals surface area contributed by atoms with Crippen LogP contribution in [-0.4, -0.2) is 29.1 Å². The largest absolute Gasteiger partial charge is 0.497 e. The molecule has 0 spiro atoms. The topological polar surface area (TPSA) is 63.7 Å². The molecule has 3 amide bonds. The molecule has 1 fully saturated rings. The lowest BCUT2D eigenvalue weighted by atomic mass is 10.2. The van der Waals surface area contributed by atoms with Crippen molar-refractivity contribution in [3.05, 3.63) is 69.0 Å².